The largest absolute Gasteiger partial charge is 0.497 e. The third-order valence-electron chi connectivity index (χ3n) is 6.07. The number of hydrogen-bond acceptors (Lipinski definition) is 7. The SMILES string of the molecule is COC(=O)c1c(-c2ccc(OC)cc2)c2cc(OC)c(OC)cc2n1CCN1CCOCC1. The number of aromatic nitrogens is 1. The summed E-state index contributed by atoms with van der Waals surface area (Å²) in [5, 5.41) is 0.889. The molecule has 0 radical (unpaired) electrons. The zero-order chi connectivity index (χ0) is 23.4. The van der Waals surface area contributed by atoms with Gasteiger partial charge in [-0.3, -0.25) is 4.90 Å². The molecule has 8 heteroatoms. The first kappa shape index (κ1) is 22.9. The summed E-state index contributed by atoms with van der Waals surface area (Å²) in [5.74, 6) is 1.56. The van der Waals surface area contributed by atoms with Gasteiger partial charge in [-0.1, -0.05) is 12.1 Å². The summed E-state index contributed by atoms with van der Waals surface area (Å²) in [7, 11) is 6.25. The molecular weight excluding hydrogens is 424 g/mol. The summed E-state index contributed by atoms with van der Waals surface area (Å²) in [5.41, 5.74) is 3.06. The van der Waals surface area contributed by atoms with Crippen molar-refractivity contribution in [3.8, 4) is 28.4 Å². The number of benzene rings is 2. The Morgan fingerprint density at radius 2 is 1.58 bits per heavy atom. The van der Waals surface area contributed by atoms with Crippen LogP contribution in [-0.4, -0.2) is 76.7 Å². The summed E-state index contributed by atoms with van der Waals surface area (Å²) in [6.07, 6.45) is 0. The molecule has 1 aromatic heterocycles. The lowest BCUT2D eigenvalue weighted by molar-refractivity contribution is 0.0361. The molecule has 1 saturated heterocycles. The van der Waals surface area contributed by atoms with Crippen LogP contribution in [0.15, 0.2) is 36.4 Å². The van der Waals surface area contributed by atoms with Gasteiger partial charge in [0.25, 0.3) is 0 Å². The fourth-order valence-electron chi connectivity index (χ4n) is 4.33. The molecule has 0 amide bonds. The molecule has 3 aromatic rings. The van der Waals surface area contributed by atoms with E-state index in [-0.39, 0.29) is 0 Å². The van der Waals surface area contributed by atoms with Crippen LogP contribution in [0.3, 0.4) is 0 Å². The maximum absolute atomic E-state index is 13.1. The summed E-state index contributed by atoms with van der Waals surface area (Å²) in [4.78, 5) is 15.5. The van der Waals surface area contributed by atoms with Gasteiger partial charge in [0, 0.05) is 43.2 Å². The number of carbonyl (C=O) groups excluding carboxylic acids is 1. The predicted molar refractivity (Wildman–Crippen MR) is 126 cm³/mol. The first-order valence-corrected chi connectivity index (χ1v) is 10.9. The van der Waals surface area contributed by atoms with Crippen LogP contribution in [0.1, 0.15) is 10.5 Å². The van der Waals surface area contributed by atoms with Crippen LogP contribution in [0.5, 0.6) is 17.2 Å². The lowest BCUT2D eigenvalue weighted by Crippen LogP contribution is -2.38. The van der Waals surface area contributed by atoms with E-state index < -0.39 is 5.97 Å². The molecule has 1 fully saturated rings. The number of morpholine rings is 1. The monoisotopic (exact) mass is 454 g/mol. The maximum Gasteiger partial charge on any atom is 0.355 e. The van der Waals surface area contributed by atoms with E-state index in [0.29, 0.717) is 23.7 Å². The second-order valence-corrected chi connectivity index (χ2v) is 7.77. The highest BCUT2D eigenvalue weighted by Gasteiger charge is 2.27. The van der Waals surface area contributed by atoms with Crippen molar-refractivity contribution in [1.29, 1.82) is 0 Å². The van der Waals surface area contributed by atoms with E-state index in [9.17, 15) is 4.79 Å². The van der Waals surface area contributed by atoms with Crippen molar-refractivity contribution < 1.29 is 28.5 Å². The number of nitrogens with zero attached hydrogens (tertiary/aromatic N) is 2. The minimum atomic E-state index is -0.392. The van der Waals surface area contributed by atoms with Gasteiger partial charge < -0.3 is 28.3 Å². The molecular formula is C25H30N2O6. The van der Waals surface area contributed by atoms with E-state index in [4.69, 9.17) is 23.7 Å². The lowest BCUT2D eigenvalue weighted by Gasteiger charge is -2.27. The van der Waals surface area contributed by atoms with Crippen molar-refractivity contribution in [3.63, 3.8) is 0 Å². The number of carbonyl (C=O) groups is 1. The van der Waals surface area contributed by atoms with Crippen LogP contribution < -0.4 is 14.2 Å². The number of ether oxygens (including phenoxy) is 5. The second-order valence-electron chi connectivity index (χ2n) is 7.77. The first-order chi connectivity index (χ1) is 16.1. The Morgan fingerprint density at radius 3 is 2.18 bits per heavy atom. The van der Waals surface area contributed by atoms with Crippen molar-refractivity contribution in [2.75, 3.05) is 61.3 Å². The Kier molecular flexibility index (Phi) is 7.05. The Morgan fingerprint density at radius 1 is 0.909 bits per heavy atom. The highest BCUT2D eigenvalue weighted by molar-refractivity contribution is 6.09. The zero-order valence-electron chi connectivity index (χ0n) is 19.6. The molecule has 4 rings (SSSR count). The minimum absolute atomic E-state index is 0.392. The first-order valence-electron chi connectivity index (χ1n) is 10.9. The van der Waals surface area contributed by atoms with Gasteiger partial charge >= 0.3 is 5.97 Å². The molecule has 0 aliphatic carbocycles. The standard InChI is InChI=1S/C25H30N2O6/c1-29-18-7-5-17(6-8-18)23-19-15-21(30-2)22(31-3)16-20(19)27(24(23)25(28)32-4)10-9-26-11-13-33-14-12-26/h5-8,15-16H,9-14H2,1-4H3. The van der Waals surface area contributed by atoms with Crippen LogP contribution in [-0.2, 0) is 16.0 Å². The van der Waals surface area contributed by atoms with Crippen molar-refractivity contribution in [3.05, 3.63) is 42.1 Å². The number of fused-ring (bicyclic) bond motifs is 1. The Bertz CT molecular complexity index is 1120. The fraction of sp³-hybridized carbons (Fsp3) is 0.400. The minimum Gasteiger partial charge on any atom is -0.497 e. The van der Waals surface area contributed by atoms with Gasteiger partial charge in [-0.15, -0.1) is 0 Å². The molecule has 2 aromatic carbocycles. The van der Waals surface area contributed by atoms with Gasteiger partial charge in [0.2, 0.25) is 0 Å². The third kappa shape index (κ3) is 4.49. The van der Waals surface area contributed by atoms with Crippen molar-refractivity contribution in [2.45, 2.75) is 6.54 Å². The highest BCUT2D eigenvalue weighted by Crippen LogP contribution is 2.41. The second kappa shape index (κ2) is 10.1. The van der Waals surface area contributed by atoms with E-state index >= 15 is 0 Å². The zero-order valence-corrected chi connectivity index (χ0v) is 19.6. The molecule has 0 N–H and O–H groups in total. The fourth-order valence-corrected chi connectivity index (χ4v) is 4.33. The van der Waals surface area contributed by atoms with Gasteiger partial charge in [-0.05, 0) is 23.8 Å². The van der Waals surface area contributed by atoms with Crippen molar-refractivity contribution in [1.82, 2.24) is 9.47 Å². The molecule has 2 heterocycles. The topological polar surface area (TPSA) is 71.4 Å². The Hall–Kier alpha value is -3.23. The van der Waals surface area contributed by atoms with Crippen LogP contribution >= 0.6 is 0 Å². The highest BCUT2D eigenvalue weighted by atomic mass is 16.5. The summed E-state index contributed by atoms with van der Waals surface area (Å²) in [6, 6.07) is 11.5. The van der Waals surface area contributed by atoms with E-state index in [1.165, 1.54) is 7.11 Å². The Labute approximate surface area is 193 Å². The van der Waals surface area contributed by atoms with Crippen LogP contribution in [0, 0.1) is 0 Å². The van der Waals surface area contributed by atoms with E-state index in [0.717, 1.165) is 60.6 Å². The number of methoxy groups -OCH3 is 4. The predicted octanol–water partition coefficient (Wildman–Crippen LogP) is 3.45. The average molecular weight is 455 g/mol. The van der Waals surface area contributed by atoms with Gasteiger partial charge in [-0.25, -0.2) is 4.79 Å². The average Bonchev–Trinajstić information content (AvgIpc) is 3.19. The Balaban J connectivity index is 1.92. The molecule has 0 atom stereocenters. The molecule has 33 heavy (non-hydrogen) atoms. The molecule has 176 valence electrons. The molecule has 0 spiro atoms. The normalized spacial score (nSPS) is 14.3. The quantitative estimate of drug-likeness (QED) is 0.483. The molecule has 1 aliphatic rings. The van der Waals surface area contributed by atoms with Crippen LogP contribution in [0.2, 0.25) is 0 Å². The van der Waals surface area contributed by atoms with E-state index in [1.807, 2.05) is 41.0 Å². The van der Waals surface area contributed by atoms with Crippen molar-refractivity contribution >= 4 is 16.9 Å². The molecule has 0 bridgehead atoms. The summed E-state index contributed by atoms with van der Waals surface area (Å²) >= 11 is 0. The molecule has 0 unspecified atom stereocenters. The number of hydrogen-bond donors (Lipinski definition) is 0. The van der Waals surface area contributed by atoms with Gasteiger partial charge in [0.05, 0.1) is 47.2 Å². The number of rotatable bonds is 8. The summed E-state index contributed by atoms with van der Waals surface area (Å²) in [6.45, 7) is 4.58. The smallest absolute Gasteiger partial charge is 0.355 e. The summed E-state index contributed by atoms with van der Waals surface area (Å²) < 4.78 is 29.2. The van der Waals surface area contributed by atoms with Crippen molar-refractivity contribution in [2.24, 2.45) is 0 Å². The van der Waals surface area contributed by atoms with Gasteiger partial charge in [-0.2, -0.15) is 0 Å². The lowest BCUT2D eigenvalue weighted by atomic mass is 10.0. The molecule has 8 nitrogen and oxygen atoms in total. The van der Waals surface area contributed by atoms with E-state index in [1.54, 1.807) is 21.3 Å². The molecule has 1 aliphatic heterocycles. The number of esters is 1. The molecule has 0 saturated carbocycles. The van der Waals surface area contributed by atoms with Gasteiger partial charge in [0.15, 0.2) is 11.5 Å². The van der Waals surface area contributed by atoms with E-state index in [2.05, 4.69) is 4.90 Å². The maximum atomic E-state index is 13.1. The third-order valence-corrected chi connectivity index (χ3v) is 6.07. The van der Waals surface area contributed by atoms with Crippen LogP contribution in [0.4, 0.5) is 0 Å². The van der Waals surface area contributed by atoms with Crippen LogP contribution in [0.25, 0.3) is 22.0 Å². The van der Waals surface area contributed by atoms with Gasteiger partial charge in [0.1, 0.15) is 11.4 Å².